The van der Waals surface area contributed by atoms with Gasteiger partial charge >= 0.3 is 6.03 Å². The minimum Gasteiger partial charge on any atom is -0.494 e. The lowest BCUT2D eigenvalue weighted by Crippen LogP contribution is -2.47. The predicted octanol–water partition coefficient (Wildman–Crippen LogP) is 2.94. The highest BCUT2D eigenvalue weighted by atomic mass is 16.5. The van der Waals surface area contributed by atoms with Crippen molar-refractivity contribution in [1.29, 1.82) is 0 Å². The lowest BCUT2D eigenvalue weighted by molar-refractivity contribution is 0.185. The molecule has 2 aromatic rings. The van der Waals surface area contributed by atoms with Crippen LogP contribution in [0.4, 0.5) is 4.79 Å². The Labute approximate surface area is 160 Å². The van der Waals surface area contributed by atoms with E-state index in [1.807, 2.05) is 49.5 Å². The molecule has 3 rings (SSSR count). The number of aromatic nitrogens is 1. The first-order valence-electron chi connectivity index (χ1n) is 9.62. The Hall–Kier alpha value is -2.60. The fraction of sp³-hybridized carbons (Fsp3) is 0.429. The number of urea groups is 1. The van der Waals surface area contributed by atoms with E-state index in [1.165, 1.54) is 0 Å². The maximum atomic E-state index is 12.2. The van der Waals surface area contributed by atoms with E-state index < -0.39 is 0 Å². The number of likely N-dealkylation sites (tertiary alicyclic amines) is 1. The second kappa shape index (κ2) is 9.92. The molecule has 1 fully saturated rings. The van der Waals surface area contributed by atoms with Gasteiger partial charge in [0.1, 0.15) is 5.75 Å². The van der Waals surface area contributed by atoms with Gasteiger partial charge in [0.2, 0.25) is 0 Å². The van der Waals surface area contributed by atoms with E-state index in [4.69, 9.17) is 4.74 Å². The molecular weight excluding hydrogens is 340 g/mol. The van der Waals surface area contributed by atoms with Gasteiger partial charge in [-0.25, -0.2) is 4.79 Å². The molecule has 1 aromatic heterocycles. The SMILES string of the molecule is CCOc1ccccc1CNC(=O)NC1CCN(Cc2ccccn2)CC1. The summed E-state index contributed by atoms with van der Waals surface area (Å²) in [5.74, 6) is 0.822. The third-order valence-electron chi connectivity index (χ3n) is 4.75. The van der Waals surface area contributed by atoms with Gasteiger partial charge in [0.05, 0.1) is 12.3 Å². The third-order valence-corrected chi connectivity index (χ3v) is 4.75. The minimum absolute atomic E-state index is 0.121. The number of benzene rings is 1. The number of piperidine rings is 1. The maximum Gasteiger partial charge on any atom is 0.315 e. The summed E-state index contributed by atoms with van der Waals surface area (Å²) in [6.45, 7) is 5.83. The van der Waals surface area contributed by atoms with Gasteiger partial charge in [-0.15, -0.1) is 0 Å². The molecule has 0 radical (unpaired) electrons. The Morgan fingerprint density at radius 3 is 2.70 bits per heavy atom. The molecule has 2 amide bonds. The van der Waals surface area contributed by atoms with Crippen LogP contribution in [0.1, 0.15) is 31.0 Å². The number of rotatable bonds is 7. The summed E-state index contributed by atoms with van der Waals surface area (Å²) in [7, 11) is 0. The average molecular weight is 368 g/mol. The van der Waals surface area contributed by atoms with Crippen LogP contribution in [0.15, 0.2) is 48.7 Å². The normalized spacial score (nSPS) is 15.3. The van der Waals surface area contributed by atoms with Gasteiger partial charge in [0.15, 0.2) is 0 Å². The quantitative estimate of drug-likeness (QED) is 0.789. The van der Waals surface area contributed by atoms with Crippen molar-refractivity contribution < 1.29 is 9.53 Å². The molecule has 2 heterocycles. The number of hydrogen-bond donors (Lipinski definition) is 2. The first-order valence-corrected chi connectivity index (χ1v) is 9.62. The van der Waals surface area contributed by atoms with Gasteiger partial charge in [-0.3, -0.25) is 9.88 Å². The first-order chi connectivity index (χ1) is 13.2. The Bertz CT molecular complexity index is 715. The molecule has 0 aliphatic carbocycles. The third kappa shape index (κ3) is 5.96. The van der Waals surface area contributed by atoms with E-state index in [0.29, 0.717) is 13.2 Å². The molecule has 144 valence electrons. The van der Waals surface area contributed by atoms with E-state index in [9.17, 15) is 4.79 Å². The van der Waals surface area contributed by atoms with Crippen molar-refractivity contribution in [3.63, 3.8) is 0 Å². The van der Waals surface area contributed by atoms with Crippen LogP contribution in [0, 0.1) is 0 Å². The number of nitrogens with one attached hydrogen (secondary N) is 2. The van der Waals surface area contributed by atoms with Crippen molar-refractivity contribution in [2.24, 2.45) is 0 Å². The van der Waals surface area contributed by atoms with Crippen LogP contribution in [-0.4, -0.2) is 41.7 Å². The molecule has 0 spiro atoms. The predicted molar refractivity (Wildman–Crippen MR) is 106 cm³/mol. The second-order valence-corrected chi connectivity index (χ2v) is 6.74. The number of pyridine rings is 1. The van der Waals surface area contributed by atoms with Gasteiger partial charge in [0, 0.05) is 44.0 Å². The van der Waals surface area contributed by atoms with Crippen molar-refractivity contribution in [3.05, 3.63) is 59.9 Å². The molecule has 0 unspecified atom stereocenters. The van der Waals surface area contributed by atoms with Crippen LogP contribution in [0.3, 0.4) is 0 Å². The number of carbonyl (C=O) groups is 1. The molecule has 27 heavy (non-hydrogen) atoms. The van der Waals surface area contributed by atoms with Gasteiger partial charge in [-0.2, -0.15) is 0 Å². The largest absolute Gasteiger partial charge is 0.494 e. The highest BCUT2D eigenvalue weighted by Gasteiger charge is 2.21. The van der Waals surface area contributed by atoms with Crippen molar-refractivity contribution in [1.82, 2.24) is 20.5 Å². The summed E-state index contributed by atoms with van der Waals surface area (Å²) in [6, 6.07) is 13.9. The number of amides is 2. The Morgan fingerprint density at radius 1 is 1.19 bits per heavy atom. The van der Waals surface area contributed by atoms with E-state index in [-0.39, 0.29) is 12.1 Å². The first kappa shape index (κ1) is 19.2. The summed E-state index contributed by atoms with van der Waals surface area (Å²) >= 11 is 0. The number of ether oxygens (including phenoxy) is 1. The Balaban J connectivity index is 1.39. The molecule has 0 saturated carbocycles. The monoisotopic (exact) mass is 368 g/mol. The van der Waals surface area contributed by atoms with Gasteiger partial charge in [-0.1, -0.05) is 24.3 Å². The summed E-state index contributed by atoms with van der Waals surface area (Å²) in [6.07, 6.45) is 3.74. The summed E-state index contributed by atoms with van der Waals surface area (Å²) in [5.41, 5.74) is 2.08. The number of nitrogens with zero attached hydrogens (tertiary/aromatic N) is 2. The topological polar surface area (TPSA) is 66.5 Å². The summed E-state index contributed by atoms with van der Waals surface area (Å²) in [5, 5.41) is 6.03. The Kier molecular flexibility index (Phi) is 7.04. The zero-order chi connectivity index (χ0) is 18.9. The standard InChI is InChI=1S/C21H28N4O2/c1-2-27-20-9-4-3-7-17(20)15-23-21(26)24-18-10-13-25(14-11-18)16-19-8-5-6-12-22-19/h3-9,12,18H,2,10-11,13-16H2,1H3,(H2,23,24,26). The van der Waals surface area contributed by atoms with Crippen LogP contribution in [-0.2, 0) is 13.1 Å². The minimum atomic E-state index is -0.121. The van der Waals surface area contributed by atoms with Crippen molar-refractivity contribution in [2.45, 2.75) is 38.9 Å². The maximum absolute atomic E-state index is 12.2. The molecule has 1 aromatic carbocycles. The fourth-order valence-electron chi connectivity index (χ4n) is 3.31. The van der Waals surface area contributed by atoms with Crippen LogP contribution < -0.4 is 15.4 Å². The summed E-state index contributed by atoms with van der Waals surface area (Å²) in [4.78, 5) is 19.0. The number of hydrogen-bond acceptors (Lipinski definition) is 4. The van der Waals surface area contributed by atoms with Crippen molar-refractivity contribution >= 4 is 6.03 Å². The fourth-order valence-corrected chi connectivity index (χ4v) is 3.31. The van der Waals surface area contributed by atoms with Gasteiger partial charge in [-0.05, 0) is 38.0 Å². The number of carbonyl (C=O) groups excluding carboxylic acids is 1. The van der Waals surface area contributed by atoms with Crippen molar-refractivity contribution in [2.75, 3.05) is 19.7 Å². The zero-order valence-corrected chi connectivity index (χ0v) is 15.9. The molecule has 6 heteroatoms. The van der Waals surface area contributed by atoms with Crippen LogP contribution in [0.5, 0.6) is 5.75 Å². The molecule has 0 bridgehead atoms. The lowest BCUT2D eigenvalue weighted by Gasteiger charge is -2.32. The number of para-hydroxylation sites is 1. The van der Waals surface area contributed by atoms with Crippen LogP contribution in [0.2, 0.25) is 0 Å². The lowest BCUT2D eigenvalue weighted by atomic mass is 10.1. The molecule has 1 aliphatic heterocycles. The van der Waals surface area contributed by atoms with Gasteiger partial charge < -0.3 is 15.4 Å². The molecular formula is C21H28N4O2. The Morgan fingerprint density at radius 2 is 1.96 bits per heavy atom. The van der Waals surface area contributed by atoms with Crippen molar-refractivity contribution in [3.8, 4) is 5.75 Å². The van der Waals surface area contributed by atoms with Crippen LogP contribution in [0.25, 0.3) is 0 Å². The van der Waals surface area contributed by atoms with E-state index >= 15 is 0 Å². The van der Waals surface area contributed by atoms with E-state index in [0.717, 1.165) is 49.5 Å². The van der Waals surface area contributed by atoms with Gasteiger partial charge in [0.25, 0.3) is 0 Å². The molecule has 0 atom stereocenters. The highest BCUT2D eigenvalue weighted by Crippen LogP contribution is 2.17. The summed E-state index contributed by atoms with van der Waals surface area (Å²) < 4.78 is 5.60. The smallest absolute Gasteiger partial charge is 0.315 e. The average Bonchev–Trinajstić information content (AvgIpc) is 2.70. The van der Waals surface area contributed by atoms with E-state index in [1.54, 1.807) is 0 Å². The second-order valence-electron chi connectivity index (χ2n) is 6.74. The zero-order valence-electron chi connectivity index (χ0n) is 15.9. The highest BCUT2D eigenvalue weighted by molar-refractivity contribution is 5.74. The molecule has 2 N–H and O–H groups in total. The molecule has 1 aliphatic rings. The van der Waals surface area contributed by atoms with E-state index in [2.05, 4.69) is 26.6 Å². The molecule has 6 nitrogen and oxygen atoms in total. The van der Waals surface area contributed by atoms with Crippen LogP contribution >= 0.6 is 0 Å². The molecule has 1 saturated heterocycles.